The van der Waals surface area contributed by atoms with Crippen molar-refractivity contribution in [2.45, 2.75) is 58.0 Å². The molecule has 174 valence electrons. The maximum Gasteiger partial charge on any atom is 0.317 e. The highest BCUT2D eigenvalue weighted by molar-refractivity contribution is 6.09. The van der Waals surface area contributed by atoms with E-state index in [2.05, 4.69) is 39.6 Å². The largest absolute Gasteiger partial charge is 0.463 e. The summed E-state index contributed by atoms with van der Waals surface area (Å²) in [5.74, 6) is 2.52. The van der Waals surface area contributed by atoms with Crippen LogP contribution in [0.15, 0.2) is 29.3 Å². The lowest BCUT2D eigenvalue weighted by molar-refractivity contribution is 0.171. The number of nitrogens with one attached hydrogen (secondary N) is 1. The highest BCUT2D eigenvalue weighted by atomic mass is 16.5. The highest BCUT2D eigenvalue weighted by Crippen LogP contribution is 2.40. The molecule has 0 atom stereocenters. The number of rotatable bonds is 4. The Bertz CT molecular complexity index is 1090. The van der Waals surface area contributed by atoms with Crippen LogP contribution in [0.25, 0.3) is 0 Å². The van der Waals surface area contributed by atoms with Crippen molar-refractivity contribution in [3.05, 3.63) is 41.2 Å². The summed E-state index contributed by atoms with van der Waals surface area (Å²) in [7, 11) is 0. The molecule has 8 nitrogen and oxygen atoms in total. The van der Waals surface area contributed by atoms with E-state index in [0.717, 1.165) is 43.8 Å². The molecular weight excluding hydrogens is 416 g/mol. The minimum atomic E-state index is -0.623. The minimum Gasteiger partial charge on any atom is -0.463 e. The number of benzene rings is 1. The molecule has 1 aliphatic carbocycles. The summed E-state index contributed by atoms with van der Waals surface area (Å²) in [5.41, 5.74) is 9.19. The third kappa shape index (κ3) is 4.26. The number of nitrogen functional groups attached to an aromatic ring is 1. The van der Waals surface area contributed by atoms with E-state index in [4.69, 9.17) is 15.5 Å². The number of hydrogen-bond donors (Lipinski definition) is 2. The fraction of sp³-hybridized carbons (Fsp3) is 0.520. The van der Waals surface area contributed by atoms with Crippen molar-refractivity contribution in [2.24, 2.45) is 10.9 Å². The first-order valence-corrected chi connectivity index (χ1v) is 11.9. The van der Waals surface area contributed by atoms with Gasteiger partial charge in [-0.15, -0.1) is 0 Å². The van der Waals surface area contributed by atoms with E-state index in [1.54, 1.807) is 6.92 Å². The first-order valence-electron chi connectivity index (χ1n) is 11.9. The van der Waals surface area contributed by atoms with Crippen LogP contribution >= 0.6 is 0 Å². The summed E-state index contributed by atoms with van der Waals surface area (Å²) in [4.78, 5) is 27.2. The lowest BCUT2D eigenvalue weighted by atomic mass is 9.78. The summed E-state index contributed by atoms with van der Waals surface area (Å²) >= 11 is 0. The maximum absolute atomic E-state index is 11.8. The third-order valence-electron chi connectivity index (χ3n) is 7.06. The van der Waals surface area contributed by atoms with E-state index in [9.17, 15) is 4.79 Å². The molecule has 3 aliphatic rings. The van der Waals surface area contributed by atoms with Crippen LogP contribution in [-0.4, -0.2) is 51.8 Å². The van der Waals surface area contributed by atoms with E-state index in [-0.39, 0.29) is 6.03 Å². The molecule has 1 saturated heterocycles. The number of carbonyl (C=O) groups is 1. The molecule has 3 heterocycles. The van der Waals surface area contributed by atoms with Crippen molar-refractivity contribution >= 4 is 23.2 Å². The summed E-state index contributed by atoms with van der Waals surface area (Å²) in [6, 6.07) is 8.80. The number of carbonyl (C=O) groups excluding carboxylic acids is 1. The Balaban J connectivity index is 1.29. The second-order valence-corrected chi connectivity index (χ2v) is 9.90. The molecule has 2 amide bonds. The Morgan fingerprint density at radius 3 is 2.55 bits per heavy atom. The second kappa shape index (κ2) is 8.32. The monoisotopic (exact) mass is 448 g/mol. The Labute approximate surface area is 194 Å². The van der Waals surface area contributed by atoms with Crippen LogP contribution in [0.3, 0.4) is 0 Å². The number of urea groups is 1. The number of ether oxygens (including phenoxy) is 1. The van der Waals surface area contributed by atoms with Gasteiger partial charge in [0.2, 0.25) is 5.88 Å². The van der Waals surface area contributed by atoms with Gasteiger partial charge in [-0.25, -0.2) is 14.8 Å². The zero-order chi connectivity index (χ0) is 23.2. The van der Waals surface area contributed by atoms with Crippen LogP contribution in [-0.2, 0) is 0 Å². The molecule has 2 aliphatic heterocycles. The van der Waals surface area contributed by atoms with Crippen LogP contribution < -0.4 is 15.8 Å². The number of aryl methyl sites for hydroxylation is 1. The number of amides is 2. The Kier molecular flexibility index (Phi) is 5.46. The predicted octanol–water partition coefficient (Wildman–Crippen LogP) is 3.96. The van der Waals surface area contributed by atoms with Gasteiger partial charge in [0, 0.05) is 25.2 Å². The van der Waals surface area contributed by atoms with Gasteiger partial charge in [0.05, 0.1) is 5.71 Å². The average molecular weight is 449 g/mol. The number of nitrogens with two attached hydrogens (primary N) is 1. The first kappa shape index (κ1) is 21.7. The van der Waals surface area contributed by atoms with Crippen LogP contribution in [0.1, 0.15) is 62.4 Å². The van der Waals surface area contributed by atoms with E-state index >= 15 is 0 Å². The number of hydrogen-bond acceptors (Lipinski definition) is 6. The van der Waals surface area contributed by atoms with Crippen molar-refractivity contribution in [3.8, 4) is 5.88 Å². The van der Waals surface area contributed by atoms with Crippen molar-refractivity contribution in [1.29, 1.82) is 0 Å². The van der Waals surface area contributed by atoms with Gasteiger partial charge in [0.1, 0.15) is 11.4 Å². The van der Waals surface area contributed by atoms with Crippen molar-refractivity contribution in [1.82, 2.24) is 20.2 Å². The van der Waals surface area contributed by atoms with Gasteiger partial charge < -0.3 is 20.7 Å². The van der Waals surface area contributed by atoms with Crippen molar-refractivity contribution in [2.75, 3.05) is 25.4 Å². The summed E-state index contributed by atoms with van der Waals surface area (Å²) < 4.78 is 6.17. The minimum absolute atomic E-state index is 0.0938. The van der Waals surface area contributed by atoms with Gasteiger partial charge in [-0.05, 0) is 63.9 Å². The second-order valence-electron chi connectivity index (χ2n) is 9.90. The van der Waals surface area contributed by atoms with Crippen molar-refractivity contribution in [3.63, 3.8) is 0 Å². The zero-order valence-electron chi connectivity index (χ0n) is 19.6. The molecule has 2 aromatic rings. The van der Waals surface area contributed by atoms with Crippen LogP contribution in [0.4, 0.5) is 16.3 Å². The topological polar surface area (TPSA) is 106 Å². The lowest BCUT2D eigenvalue weighted by Gasteiger charge is -2.33. The summed E-state index contributed by atoms with van der Waals surface area (Å²) in [6.07, 6.45) is 4.66. The molecule has 0 bridgehead atoms. The van der Waals surface area contributed by atoms with E-state index in [1.165, 1.54) is 18.4 Å². The van der Waals surface area contributed by atoms with E-state index in [1.807, 2.05) is 18.7 Å². The quantitative estimate of drug-likeness (QED) is 0.736. The molecule has 2 fully saturated rings. The molecule has 1 saturated carbocycles. The molecule has 0 unspecified atom stereocenters. The van der Waals surface area contributed by atoms with Gasteiger partial charge in [0.15, 0.2) is 11.5 Å². The molecular formula is C25H32N6O2. The van der Waals surface area contributed by atoms with Crippen molar-refractivity contribution < 1.29 is 9.53 Å². The van der Waals surface area contributed by atoms with Crippen LogP contribution in [0.5, 0.6) is 5.88 Å². The van der Waals surface area contributed by atoms with Gasteiger partial charge in [-0.1, -0.05) is 24.3 Å². The van der Waals surface area contributed by atoms with Gasteiger partial charge in [-0.2, -0.15) is 4.98 Å². The molecule has 1 aromatic heterocycles. The summed E-state index contributed by atoms with van der Waals surface area (Å²) in [5, 5.41) is 2.90. The Morgan fingerprint density at radius 1 is 1.15 bits per heavy atom. The number of anilines is 1. The number of fused-ring (bicyclic) bond motifs is 1. The lowest BCUT2D eigenvalue weighted by Crippen LogP contribution is -2.41. The third-order valence-corrected chi connectivity index (χ3v) is 7.06. The number of aromatic nitrogens is 2. The normalized spacial score (nSPS) is 24.0. The summed E-state index contributed by atoms with van der Waals surface area (Å²) in [6.45, 7) is 8.29. The Hall–Kier alpha value is -3.16. The Morgan fingerprint density at radius 2 is 1.88 bits per heavy atom. The molecule has 5 rings (SSSR count). The smallest absolute Gasteiger partial charge is 0.317 e. The van der Waals surface area contributed by atoms with Gasteiger partial charge >= 0.3 is 6.03 Å². The SMILES string of the molecule is Cc1nc(N)c2c(n1)OC(C)(C)C(c1ccc(C3CCC(CN4CCNC4=O)CC3)cc1)=N2. The molecule has 3 N–H and O–H groups in total. The zero-order valence-corrected chi connectivity index (χ0v) is 19.6. The molecule has 8 heteroatoms. The fourth-order valence-electron chi connectivity index (χ4n) is 5.28. The molecule has 1 aromatic carbocycles. The number of aliphatic imine (C=N–C) groups is 1. The predicted molar refractivity (Wildman–Crippen MR) is 128 cm³/mol. The fourth-order valence-corrected chi connectivity index (χ4v) is 5.28. The number of nitrogens with zero attached hydrogens (tertiary/aromatic N) is 4. The first-order chi connectivity index (χ1) is 15.8. The standard InChI is InChI=1S/C25H32N6O2/c1-15-28-22(26)20-23(29-15)33-25(2,3)21(30-20)19-10-8-18(9-11-19)17-6-4-16(5-7-17)14-31-13-12-27-24(31)32/h8-11,16-17H,4-7,12-14H2,1-3H3,(H,27,32)(H2,26,28,29). The highest BCUT2D eigenvalue weighted by Gasteiger charge is 2.35. The molecule has 0 spiro atoms. The molecule has 33 heavy (non-hydrogen) atoms. The van der Waals surface area contributed by atoms with E-state index < -0.39 is 5.60 Å². The molecule has 0 radical (unpaired) electrons. The van der Waals surface area contributed by atoms with Crippen LogP contribution in [0, 0.1) is 12.8 Å². The van der Waals surface area contributed by atoms with E-state index in [0.29, 0.717) is 35.0 Å². The average Bonchev–Trinajstić information content (AvgIpc) is 3.17. The van der Waals surface area contributed by atoms with Gasteiger partial charge in [0.25, 0.3) is 0 Å². The van der Waals surface area contributed by atoms with Gasteiger partial charge in [-0.3, -0.25) is 0 Å². The van der Waals surface area contributed by atoms with Crippen LogP contribution in [0.2, 0.25) is 0 Å². The maximum atomic E-state index is 11.8.